The monoisotopic (exact) mass is 348 g/mol. The molecule has 1 heterocycles. The molecule has 3 rings (SSSR count). The summed E-state index contributed by atoms with van der Waals surface area (Å²) in [6.45, 7) is 2.63. The fourth-order valence-corrected chi connectivity index (χ4v) is 3.17. The van der Waals surface area contributed by atoms with Crippen LogP contribution in [0.25, 0.3) is 0 Å². The molecule has 1 aliphatic heterocycles. The van der Waals surface area contributed by atoms with Gasteiger partial charge in [0.2, 0.25) is 5.91 Å². The molecule has 0 fully saturated rings. The Morgan fingerprint density at radius 2 is 1.87 bits per heavy atom. The summed E-state index contributed by atoms with van der Waals surface area (Å²) in [5, 5.41) is 3.65. The first-order valence-corrected chi connectivity index (χ1v) is 8.42. The number of rotatable bonds is 4. The zero-order valence-electron chi connectivity index (χ0n) is 12.7. The molecular weight excluding hydrogens is 331 g/mol. The molecule has 2 aromatic rings. The third-order valence-corrected chi connectivity index (χ3v) is 4.91. The van der Waals surface area contributed by atoms with Crippen LogP contribution in [0, 0.1) is 0 Å². The highest BCUT2D eigenvalue weighted by molar-refractivity contribution is 6.43. The molecule has 0 saturated carbocycles. The van der Waals surface area contributed by atoms with Gasteiger partial charge >= 0.3 is 0 Å². The molecule has 0 spiro atoms. The maximum Gasteiger partial charge on any atom is 0.225 e. The number of carbonyl (C=O) groups excluding carboxylic acids is 1. The van der Waals surface area contributed by atoms with Crippen molar-refractivity contribution in [3.63, 3.8) is 0 Å². The van der Waals surface area contributed by atoms with E-state index >= 15 is 0 Å². The number of nitrogens with one attached hydrogen (secondary N) is 1. The van der Waals surface area contributed by atoms with Crippen molar-refractivity contribution in [2.45, 2.75) is 19.4 Å². The van der Waals surface area contributed by atoms with Crippen LogP contribution in [0.5, 0.6) is 0 Å². The van der Waals surface area contributed by atoms with Crippen LogP contribution >= 0.6 is 23.2 Å². The maximum atomic E-state index is 12.1. The molecule has 23 heavy (non-hydrogen) atoms. The molecule has 1 amide bonds. The van der Waals surface area contributed by atoms with Crippen LogP contribution in [-0.2, 0) is 17.8 Å². The largest absolute Gasteiger partial charge is 0.325 e. The van der Waals surface area contributed by atoms with Gasteiger partial charge in [0.25, 0.3) is 0 Å². The number of nitrogens with zero attached hydrogens (tertiary/aromatic N) is 1. The molecule has 5 heteroatoms. The van der Waals surface area contributed by atoms with Gasteiger partial charge in [-0.25, -0.2) is 0 Å². The maximum absolute atomic E-state index is 12.1. The molecule has 0 unspecified atom stereocenters. The summed E-state index contributed by atoms with van der Waals surface area (Å²) in [5.74, 6) is -0.0481. The minimum Gasteiger partial charge on any atom is -0.325 e. The summed E-state index contributed by atoms with van der Waals surface area (Å²) in [5.41, 5.74) is 3.34. The summed E-state index contributed by atoms with van der Waals surface area (Å²) in [4.78, 5) is 14.4. The van der Waals surface area contributed by atoms with Crippen LogP contribution in [0.15, 0.2) is 42.5 Å². The van der Waals surface area contributed by atoms with Crippen molar-refractivity contribution in [2.24, 2.45) is 0 Å². The first kappa shape index (κ1) is 16.3. The Labute approximate surface area is 146 Å². The van der Waals surface area contributed by atoms with Crippen molar-refractivity contribution in [3.05, 3.63) is 63.6 Å². The zero-order valence-corrected chi connectivity index (χ0v) is 14.2. The lowest BCUT2D eigenvalue weighted by Crippen LogP contribution is -2.33. The molecule has 120 valence electrons. The molecule has 0 aliphatic carbocycles. The Morgan fingerprint density at radius 3 is 2.70 bits per heavy atom. The number of amides is 1. The molecule has 0 saturated heterocycles. The molecule has 1 aliphatic rings. The minimum absolute atomic E-state index is 0.0481. The van der Waals surface area contributed by atoms with E-state index in [-0.39, 0.29) is 5.91 Å². The van der Waals surface area contributed by atoms with E-state index in [1.165, 1.54) is 11.1 Å². The van der Waals surface area contributed by atoms with Crippen LogP contribution in [0.2, 0.25) is 10.0 Å². The molecule has 2 aromatic carbocycles. The predicted molar refractivity (Wildman–Crippen MR) is 95.1 cm³/mol. The van der Waals surface area contributed by atoms with Crippen LogP contribution in [0.1, 0.15) is 17.5 Å². The summed E-state index contributed by atoms with van der Waals surface area (Å²) in [6.07, 6.45) is 1.48. The average molecular weight is 349 g/mol. The SMILES string of the molecule is O=C(CCN1CCc2ccccc2C1)Nc1cccc(Cl)c1Cl. The van der Waals surface area contributed by atoms with Crippen molar-refractivity contribution in [3.8, 4) is 0 Å². The van der Waals surface area contributed by atoms with Crippen LogP contribution in [-0.4, -0.2) is 23.9 Å². The van der Waals surface area contributed by atoms with Gasteiger partial charge in [0.1, 0.15) is 0 Å². The van der Waals surface area contributed by atoms with Crippen LogP contribution in [0.4, 0.5) is 5.69 Å². The van der Waals surface area contributed by atoms with Crippen molar-refractivity contribution in [1.29, 1.82) is 0 Å². The molecule has 1 N–H and O–H groups in total. The molecule has 3 nitrogen and oxygen atoms in total. The third-order valence-electron chi connectivity index (χ3n) is 4.09. The van der Waals surface area contributed by atoms with Gasteiger partial charge in [0.15, 0.2) is 0 Å². The summed E-state index contributed by atoms with van der Waals surface area (Å²) < 4.78 is 0. The second kappa shape index (κ2) is 7.35. The number of fused-ring (bicyclic) bond motifs is 1. The normalized spacial score (nSPS) is 14.3. The van der Waals surface area contributed by atoms with Gasteiger partial charge in [-0.15, -0.1) is 0 Å². The highest BCUT2D eigenvalue weighted by atomic mass is 35.5. The Balaban J connectivity index is 1.53. The van der Waals surface area contributed by atoms with Crippen molar-refractivity contribution >= 4 is 34.8 Å². The van der Waals surface area contributed by atoms with Gasteiger partial charge in [0.05, 0.1) is 15.7 Å². The van der Waals surface area contributed by atoms with Gasteiger partial charge < -0.3 is 5.32 Å². The van der Waals surface area contributed by atoms with E-state index < -0.39 is 0 Å². The van der Waals surface area contributed by atoms with E-state index in [1.54, 1.807) is 18.2 Å². The number of carbonyl (C=O) groups is 1. The number of hydrogen-bond donors (Lipinski definition) is 1. The van der Waals surface area contributed by atoms with E-state index in [0.29, 0.717) is 22.2 Å². The summed E-state index contributed by atoms with van der Waals surface area (Å²) >= 11 is 12.0. The smallest absolute Gasteiger partial charge is 0.225 e. The zero-order chi connectivity index (χ0) is 16.2. The van der Waals surface area contributed by atoms with Crippen molar-refractivity contribution in [2.75, 3.05) is 18.4 Å². The highest BCUT2D eigenvalue weighted by Gasteiger charge is 2.16. The molecular formula is C18H18Cl2N2O. The number of anilines is 1. The van der Waals surface area contributed by atoms with E-state index in [2.05, 4.69) is 34.5 Å². The molecule has 0 atom stereocenters. The summed E-state index contributed by atoms with van der Waals surface area (Å²) in [7, 11) is 0. The first-order chi connectivity index (χ1) is 11.1. The number of benzene rings is 2. The Hall–Kier alpha value is -1.55. The lowest BCUT2D eigenvalue weighted by atomic mass is 10.00. The first-order valence-electron chi connectivity index (χ1n) is 7.66. The topological polar surface area (TPSA) is 32.3 Å². The standard InChI is InChI=1S/C18H18Cl2N2O/c19-15-6-3-7-16(18(15)20)21-17(23)9-11-22-10-8-13-4-1-2-5-14(13)12-22/h1-7H,8-12H2,(H,21,23). The highest BCUT2D eigenvalue weighted by Crippen LogP contribution is 2.29. The van der Waals surface area contributed by atoms with Crippen LogP contribution in [0.3, 0.4) is 0 Å². The number of halogens is 2. The second-order valence-corrected chi connectivity index (χ2v) is 6.48. The average Bonchev–Trinajstić information content (AvgIpc) is 2.57. The van der Waals surface area contributed by atoms with Crippen molar-refractivity contribution < 1.29 is 4.79 Å². The number of hydrogen-bond acceptors (Lipinski definition) is 2. The third kappa shape index (κ3) is 4.05. The van der Waals surface area contributed by atoms with E-state index in [1.807, 2.05) is 0 Å². The second-order valence-electron chi connectivity index (χ2n) is 5.69. The molecule has 0 aromatic heterocycles. The predicted octanol–water partition coefficient (Wildman–Crippen LogP) is 4.38. The van der Waals surface area contributed by atoms with Gasteiger partial charge in [0, 0.05) is 26.1 Å². The lowest BCUT2D eigenvalue weighted by Gasteiger charge is -2.28. The van der Waals surface area contributed by atoms with Crippen molar-refractivity contribution in [1.82, 2.24) is 4.90 Å². The van der Waals surface area contributed by atoms with Gasteiger partial charge in [-0.1, -0.05) is 53.5 Å². The van der Waals surface area contributed by atoms with Gasteiger partial charge in [-0.05, 0) is 29.7 Å². The fraction of sp³-hybridized carbons (Fsp3) is 0.278. The van der Waals surface area contributed by atoms with E-state index in [9.17, 15) is 4.79 Å². The van der Waals surface area contributed by atoms with Crippen LogP contribution < -0.4 is 5.32 Å². The Kier molecular flexibility index (Phi) is 5.21. The Morgan fingerprint density at radius 1 is 1.09 bits per heavy atom. The summed E-state index contributed by atoms with van der Waals surface area (Å²) in [6, 6.07) is 13.7. The van der Waals surface area contributed by atoms with Gasteiger partial charge in [-0.3, -0.25) is 9.69 Å². The van der Waals surface area contributed by atoms with E-state index in [4.69, 9.17) is 23.2 Å². The quantitative estimate of drug-likeness (QED) is 0.888. The minimum atomic E-state index is -0.0481. The Bertz CT molecular complexity index is 718. The van der Waals surface area contributed by atoms with E-state index in [0.717, 1.165) is 26.1 Å². The lowest BCUT2D eigenvalue weighted by molar-refractivity contribution is -0.116. The fourth-order valence-electron chi connectivity index (χ4n) is 2.82. The molecule has 0 bridgehead atoms. The molecule has 0 radical (unpaired) electrons. The van der Waals surface area contributed by atoms with Gasteiger partial charge in [-0.2, -0.15) is 0 Å².